The van der Waals surface area contributed by atoms with Crippen LogP contribution in [0.5, 0.6) is 0 Å². The lowest BCUT2D eigenvalue weighted by Crippen LogP contribution is -2.42. The van der Waals surface area contributed by atoms with Crippen LogP contribution in [0, 0.1) is 11.6 Å². The molecule has 6 heteroatoms. The van der Waals surface area contributed by atoms with Crippen molar-refractivity contribution in [2.75, 3.05) is 43.9 Å². The first-order valence-corrected chi connectivity index (χ1v) is 7.04. The van der Waals surface area contributed by atoms with Crippen molar-refractivity contribution in [2.45, 2.75) is 25.8 Å². The molecule has 1 N–H and O–H groups in total. The van der Waals surface area contributed by atoms with Crippen molar-refractivity contribution in [3.8, 4) is 0 Å². The predicted octanol–water partition coefficient (Wildman–Crippen LogP) is 2.32. The maximum absolute atomic E-state index is 13.9. The summed E-state index contributed by atoms with van der Waals surface area (Å²) in [5, 5.41) is 2.82. The standard InChI is InChI=1S/C14H22F2N4/c1-4-17-13-11(15)9-12(16)14(18-13)20-7-5-10(6-8-20)19(2)3/h9-10H,4-8H2,1-3H3,(H,17,18). The highest BCUT2D eigenvalue weighted by atomic mass is 19.1. The lowest BCUT2D eigenvalue weighted by Gasteiger charge is -2.36. The molecule has 0 aromatic carbocycles. The first kappa shape index (κ1) is 15.0. The molecular formula is C14H22F2N4. The molecule has 0 saturated carbocycles. The summed E-state index contributed by atoms with van der Waals surface area (Å²) in [4.78, 5) is 8.20. The van der Waals surface area contributed by atoms with E-state index in [0.717, 1.165) is 32.0 Å². The van der Waals surface area contributed by atoms with E-state index in [1.165, 1.54) is 0 Å². The van der Waals surface area contributed by atoms with E-state index < -0.39 is 11.6 Å². The first-order valence-electron chi connectivity index (χ1n) is 7.04. The number of aromatic nitrogens is 1. The molecule has 1 aromatic rings. The summed E-state index contributed by atoms with van der Waals surface area (Å²) in [5.41, 5.74) is 0. The Morgan fingerprint density at radius 2 is 1.95 bits per heavy atom. The van der Waals surface area contributed by atoms with Gasteiger partial charge < -0.3 is 15.1 Å². The minimum absolute atomic E-state index is 0.124. The van der Waals surface area contributed by atoms with Crippen LogP contribution in [-0.4, -0.2) is 49.7 Å². The van der Waals surface area contributed by atoms with Crippen molar-refractivity contribution in [1.29, 1.82) is 0 Å². The third-order valence-electron chi connectivity index (χ3n) is 3.75. The summed E-state index contributed by atoms with van der Waals surface area (Å²) in [6.45, 7) is 3.89. The summed E-state index contributed by atoms with van der Waals surface area (Å²) < 4.78 is 27.5. The summed E-state index contributed by atoms with van der Waals surface area (Å²) in [5.74, 6) is -0.859. The molecule has 2 rings (SSSR count). The molecule has 112 valence electrons. The second kappa shape index (κ2) is 6.35. The largest absolute Gasteiger partial charge is 0.368 e. The van der Waals surface area contributed by atoms with E-state index in [0.29, 0.717) is 12.6 Å². The number of nitrogens with one attached hydrogen (secondary N) is 1. The Bertz CT molecular complexity index is 457. The number of nitrogens with zero attached hydrogens (tertiary/aromatic N) is 3. The van der Waals surface area contributed by atoms with Crippen LogP contribution in [0.4, 0.5) is 20.4 Å². The van der Waals surface area contributed by atoms with Gasteiger partial charge in [0.25, 0.3) is 0 Å². The maximum Gasteiger partial charge on any atom is 0.168 e. The van der Waals surface area contributed by atoms with Crippen LogP contribution in [0.3, 0.4) is 0 Å². The Labute approximate surface area is 118 Å². The zero-order chi connectivity index (χ0) is 14.7. The first-order chi connectivity index (χ1) is 9.52. The predicted molar refractivity (Wildman–Crippen MR) is 77.2 cm³/mol. The minimum Gasteiger partial charge on any atom is -0.368 e. The average molecular weight is 284 g/mol. The van der Waals surface area contributed by atoms with Gasteiger partial charge in [-0.2, -0.15) is 0 Å². The molecular weight excluding hydrogens is 262 g/mol. The third kappa shape index (κ3) is 3.17. The molecule has 0 radical (unpaired) electrons. The molecule has 1 saturated heterocycles. The van der Waals surface area contributed by atoms with Gasteiger partial charge in [0, 0.05) is 31.7 Å². The van der Waals surface area contributed by atoms with E-state index in [2.05, 4.69) is 29.3 Å². The van der Waals surface area contributed by atoms with Gasteiger partial charge in [0.2, 0.25) is 0 Å². The minimum atomic E-state index is -0.642. The smallest absolute Gasteiger partial charge is 0.168 e. The average Bonchev–Trinajstić information content (AvgIpc) is 2.42. The summed E-state index contributed by atoms with van der Waals surface area (Å²) >= 11 is 0. The van der Waals surface area contributed by atoms with E-state index in [-0.39, 0.29) is 11.6 Å². The van der Waals surface area contributed by atoms with Gasteiger partial charge >= 0.3 is 0 Å². The molecule has 1 fully saturated rings. The summed E-state index contributed by atoms with van der Waals surface area (Å²) in [7, 11) is 4.11. The fourth-order valence-electron chi connectivity index (χ4n) is 2.56. The molecule has 20 heavy (non-hydrogen) atoms. The lowest BCUT2D eigenvalue weighted by molar-refractivity contribution is 0.249. The summed E-state index contributed by atoms with van der Waals surface area (Å²) in [6, 6.07) is 1.43. The number of halogens is 2. The molecule has 2 heterocycles. The number of hydrogen-bond donors (Lipinski definition) is 1. The van der Waals surface area contributed by atoms with Crippen molar-refractivity contribution in [3.63, 3.8) is 0 Å². The van der Waals surface area contributed by atoms with Gasteiger partial charge in [0.1, 0.15) is 0 Å². The van der Waals surface area contributed by atoms with Crippen molar-refractivity contribution in [1.82, 2.24) is 9.88 Å². The van der Waals surface area contributed by atoms with Gasteiger partial charge in [-0.05, 0) is 33.9 Å². The van der Waals surface area contributed by atoms with Crippen molar-refractivity contribution in [3.05, 3.63) is 17.7 Å². The van der Waals surface area contributed by atoms with Gasteiger partial charge in [-0.3, -0.25) is 0 Å². The van der Waals surface area contributed by atoms with Crippen LogP contribution < -0.4 is 10.2 Å². The molecule has 1 aromatic heterocycles. The second-order valence-corrected chi connectivity index (χ2v) is 5.34. The molecule has 0 atom stereocenters. The van der Waals surface area contributed by atoms with Crippen LogP contribution in [0.25, 0.3) is 0 Å². The normalized spacial score (nSPS) is 16.8. The van der Waals surface area contributed by atoms with E-state index >= 15 is 0 Å². The number of piperidine rings is 1. The monoisotopic (exact) mass is 284 g/mol. The molecule has 0 amide bonds. The van der Waals surface area contributed by atoms with Gasteiger partial charge in [-0.25, -0.2) is 13.8 Å². The van der Waals surface area contributed by atoms with Crippen LogP contribution >= 0.6 is 0 Å². The highest BCUT2D eigenvalue weighted by Gasteiger charge is 2.24. The highest BCUT2D eigenvalue weighted by Crippen LogP contribution is 2.25. The number of rotatable bonds is 4. The molecule has 0 unspecified atom stereocenters. The third-order valence-corrected chi connectivity index (χ3v) is 3.75. The van der Waals surface area contributed by atoms with Gasteiger partial charge in [-0.1, -0.05) is 0 Å². The Balaban J connectivity index is 2.15. The molecule has 1 aliphatic rings. The fourth-order valence-corrected chi connectivity index (χ4v) is 2.56. The van der Waals surface area contributed by atoms with E-state index in [1.807, 2.05) is 11.8 Å². The molecule has 1 aliphatic heterocycles. The Morgan fingerprint density at radius 1 is 1.30 bits per heavy atom. The summed E-state index contributed by atoms with van der Waals surface area (Å²) in [6.07, 6.45) is 1.92. The second-order valence-electron chi connectivity index (χ2n) is 5.34. The Hall–Kier alpha value is -1.43. The van der Waals surface area contributed by atoms with Crippen LogP contribution in [0.1, 0.15) is 19.8 Å². The van der Waals surface area contributed by atoms with Crippen LogP contribution in [0.15, 0.2) is 6.07 Å². The van der Waals surface area contributed by atoms with Crippen molar-refractivity contribution >= 4 is 11.6 Å². The van der Waals surface area contributed by atoms with Gasteiger partial charge in [-0.15, -0.1) is 0 Å². The zero-order valence-corrected chi connectivity index (χ0v) is 12.3. The van der Waals surface area contributed by atoms with Crippen LogP contribution in [-0.2, 0) is 0 Å². The van der Waals surface area contributed by atoms with E-state index in [9.17, 15) is 8.78 Å². The fraction of sp³-hybridized carbons (Fsp3) is 0.643. The molecule has 0 bridgehead atoms. The zero-order valence-electron chi connectivity index (χ0n) is 12.3. The Kier molecular flexibility index (Phi) is 4.75. The molecule has 0 spiro atoms. The Morgan fingerprint density at radius 3 is 2.50 bits per heavy atom. The quantitative estimate of drug-likeness (QED) is 0.919. The van der Waals surface area contributed by atoms with Crippen molar-refractivity contribution < 1.29 is 8.78 Å². The molecule has 4 nitrogen and oxygen atoms in total. The number of hydrogen-bond acceptors (Lipinski definition) is 4. The highest BCUT2D eigenvalue weighted by molar-refractivity contribution is 5.49. The lowest BCUT2D eigenvalue weighted by atomic mass is 10.0. The number of anilines is 2. The van der Waals surface area contributed by atoms with Gasteiger partial charge in [0.05, 0.1) is 0 Å². The van der Waals surface area contributed by atoms with E-state index in [4.69, 9.17) is 0 Å². The number of pyridine rings is 1. The molecule has 0 aliphatic carbocycles. The van der Waals surface area contributed by atoms with Gasteiger partial charge in [0.15, 0.2) is 23.3 Å². The van der Waals surface area contributed by atoms with Crippen molar-refractivity contribution in [2.24, 2.45) is 0 Å². The SMILES string of the molecule is CCNc1nc(N2CCC(N(C)C)CC2)c(F)cc1F. The van der Waals surface area contributed by atoms with Crippen LogP contribution in [0.2, 0.25) is 0 Å². The maximum atomic E-state index is 13.9. The topological polar surface area (TPSA) is 31.4 Å². The van der Waals surface area contributed by atoms with E-state index in [1.54, 1.807) is 0 Å².